The highest BCUT2D eigenvalue weighted by Gasteiger charge is 2.20. The Labute approximate surface area is 144 Å². The predicted octanol–water partition coefficient (Wildman–Crippen LogP) is 3.57. The molecule has 25 heavy (non-hydrogen) atoms. The van der Waals surface area contributed by atoms with Gasteiger partial charge in [0.25, 0.3) is 0 Å². The maximum atomic E-state index is 13.0. The zero-order valence-electron chi connectivity index (χ0n) is 13.6. The third kappa shape index (κ3) is 3.85. The summed E-state index contributed by atoms with van der Waals surface area (Å²) in [4.78, 5) is 16.3. The summed E-state index contributed by atoms with van der Waals surface area (Å²) in [5, 5.41) is 6.00. The van der Waals surface area contributed by atoms with Crippen LogP contribution in [-0.4, -0.2) is 24.0 Å². The molecule has 1 aliphatic carbocycles. The van der Waals surface area contributed by atoms with Gasteiger partial charge < -0.3 is 15.1 Å². The van der Waals surface area contributed by atoms with E-state index in [1.807, 2.05) is 0 Å². The highest BCUT2D eigenvalue weighted by atomic mass is 19.1. The van der Waals surface area contributed by atoms with Crippen LogP contribution >= 0.6 is 0 Å². The Bertz CT molecular complexity index is 901. The van der Waals surface area contributed by atoms with Gasteiger partial charge in [-0.05, 0) is 61.7 Å². The van der Waals surface area contributed by atoms with E-state index in [0.29, 0.717) is 34.8 Å². The summed E-state index contributed by atoms with van der Waals surface area (Å²) in [6.45, 7) is 1.20. The van der Waals surface area contributed by atoms with Crippen molar-refractivity contribution in [1.82, 2.24) is 10.3 Å². The SMILES string of the molecule is O=C(CNCC1CC1)Nc1ccc2nc(-c3ccc(F)cc3)oc2c1. The summed E-state index contributed by atoms with van der Waals surface area (Å²) in [6.07, 6.45) is 2.51. The molecule has 5 nitrogen and oxygen atoms in total. The fraction of sp³-hybridized carbons (Fsp3) is 0.263. The molecule has 3 aromatic rings. The molecule has 6 heteroatoms. The minimum absolute atomic E-state index is 0.0849. The van der Waals surface area contributed by atoms with E-state index in [0.717, 1.165) is 12.5 Å². The maximum Gasteiger partial charge on any atom is 0.238 e. The lowest BCUT2D eigenvalue weighted by molar-refractivity contribution is -0.115. The lowest BCUT2D eigenvalue weighted by atomic mass is 10.2. The molecule has 0 saturated heterocycles. The van der Waals surface area contributed by atoms with Crippen molar-refractivity contribution in [3.63, 3.8) is 0 Å². The van der Waals surface area contributed by atoms with Crippen LogP contribution in [0.15, 0.2) is 46.9 Å². The van der Waals surface area contributed by atoms with Gasteiger partial charge in [0.1, 0.15) is 11.3 Å². The smallest absolute Gasteiger partial charge is 0.238 e. The number of oxazole rings is 1. The van der Waals surface area contributed by atoms with Crippen molar-refractivity contribution in [3.8, 4) is 11.5 Å². The molecular formula is C19H18FN3O2. The Balaban J connectivity index is 1.45. The van der Waals surface area contributed by atoms with Crippen LogP contribution in [0.4, 0.5) is 10.1 Å². The third-order valence-electron chi connectivity index (χ3n) is 4.18. The number of rotatable bonds is 6. The number of aromatic nitrogens is 1. The van der Waals surface area contributed by atoms with Gasteiger partial charge >= 0.3 is 0 Å². The maximum absolute atomic E-state index is 13.0. The van der Waals surface area contributed by atoms with Crippen LogP contribution in [-0.2, 0) is 4.79 Å². The highest BCUT2D eigenvalue weighted by molar-refractivity contribution is 5.94. The number of nitrogens with one attached hydrogen (secondary N) is 2. The van der Waals surface area contributed by atoms with Gasteiger partial charge in [0, 0.05) is 17.3 Å². The Hall–Kier alpha value is -2.73. The third-order valence-corrected chi connectivity index (χ3v) is 4.18. The molecular weight excluding hydrogens is 321 g/mol. The van der Waals surface area contributed by atoms with Gasteiger partial charge in [0.15, 0.2) is 5.58 Å². The van der Waals surface area contributed by atoms with Gasteiger partial charge in [-0.25, -0.2) is 9.37 Å². The summed E-state index contributed by atoms with van der Waals surface area (Å²) < 4.78 is 18.8. The summed E-state index contributed by atoms with van der Waals surface area (Å²) in [5.41, 5.74) is 2.62. The number of benzene rings is 2. The van der Waals surface area contributed by atoms with E-state index < -0.39 is 0 Å². The molecule has 1 heterocycles. The molecule has 2 N–H and O–H groups in total. The number of fused-ring (bicyclic) bond motifs is 1. The normalized spacial score (nSPS) is 14.0. The Morgan fingerprint density at radius 2 is 2.00 bits per heavy atom. The van der Waals surface area contributed by atoms with Crippen LogP contribution in [0, 0.1) is 11.7 Å². The number of anilines is 1. The highest BCUT2D eigenvalue weighted by Crippen LogP contribution is 2.28. The molecule has 1 amide bonds. The lowest BCUT2D eigenvalue weighted by Gasteiger charge is -2.05. The second-order valence-corrected chi connectivity index (χ2v) is 6.33. The molecule has 0 spiro atoms. The standard InChI is InChI=1S/C19H18FN3O2/c20-14-5-3-13(4-6-14)19-23-16-8-7-15(9-17(16)25-19)22-18(24)11-21-10-12-1-2-12/h3-9,12,21H,1-2,10-11H2,(H,22,24). The van der Waals surface area contributed by atoms with E-state index in [4.69, 9.17) is 4.42 Å². The van der Waals surface area contributed by atoms with E-state index in [1.54, 1.807) is 30.3 Å². The van der Waals surface area contributed by atoms with E-state index in [-0.39, 0.29) is 11.7 Å². The van der Waals surface area contributed by atoms with Crippen molar-refractivity contribution in [2.45, 2.75) is 12.8 Å². The first kappa shape index (κ1) is 15.8. The number of carbonyl (C=O) groups excluding carboxylic acids is 1. The summed E-state index contributed by atoms with van der Waals surface area (Å²) in [6, 6.07) is 11.3. The zero-order valence-corrected chi connectivity index (χ0v) is 13.6. The van der Waals surface area contributed by atoms with Crippen LogP contribution in [0.3, 0.4) is 0 Å². The van der Waals surface area contributed by atoms with Crippen LogP contribution in [0.1, 0.15) is 12.8 Å². The van der Waals surface area contributed by atoms with Crippen LogP contribution in [0.25, 0.3) is 22.6 Å². The molecule has 0 unspecified atom stereocenters. The monoisotopic (exact) mass is 339 g/mol. The molecule has 0 radical (unpaired) electrons. The van der Waals surface area contributed by atoms with Crippen LogP contribution < -0.4 is 10.6 Å². The molecule has 0 aliphatic heterocycles. The average Bonchev–Trinajstić information content (AvgIpc) is 3.32. The van der Waals surface area contributed by atoms with Gasteiger partial charge in [-0.3, -0.25) is 4.79 Å². The van der Waals surface area contributed by atoms with Crippen molar-refractivity contribution in [3.05, 3.63) is 48.3 Å². The van der Waals surface area contributed by atoms with Gasteiger partial charge in [0.2, 0.25) is 11.8 Å². The molecule has 128 valence electrons. The van der Waals surface area contributed by atoms with E-state index in [9.17, 15) is 9.18 Å². The second kappa shape index (κ2) is 6.64. The first-order valence-corrected chi connectivity index (χ1v) is 8.34. The van der Waals surface area contributed by atoms with Crippen molar-refractivity contribution in [2.24, 2.45) is 5.92 Å². The Kier molecular flexibility index (Phi) is 4.19. The number of halogens is 1. The quantitative estimate of drug-likeness (QED) is 0.720. The molecule has 4 rings (SSSR count). The zero-order chi connectivity index (χ0) is 17.2. The van der Waals surface area contributed by atoms with Gasteiger partial charge in [-0.15, -0.1) is 0 Å². The minimum Gasteiger partial charge on any atom is -0.436 e. The van der Waals surface area contributed by atoms with Gasteiger partial charge in [-0.2, -0.15) is 0 Å². The number of hydrogen-bond donors (Lipinski definition) is 2. The number of amides is 1. The fourth-order valence-electron chi connectivity index (χ4n) is 2.64. The summed E-state index contributed by atoms with van der Waals surface area (Å²) in [7, 11) is 0. The van der Waals surface area contributed by atoms with Crippen molar-refractivity contribution >= 4 is 22.7 Å². The van der Waals surface area contributed by atoms with E-state index >= 15 is 0 Å². The molecule has 2 aromatic carbocycles. The van der Waals surface area contributed by atoms with E-state index in [2.05, 4.69) is 15.6 Å². The number of hydrogen-bond acceptors (Lipinski definition) is 4. The first-order chi connectivity index (χ1) is 12.2. The van der Waals surface area contributed by atoms with Crippen molar-refractivity contribution < 1.29 is 13.6 Å². The van der Waals surface area contributed by atoms with E-state index in [1.165, 1.54) is 25.0 Å². The molecule has 0 atom stereocenters. The lowest BCUT2D eigenvalue weighted by Crippen LogP contribution is -2.29. The summed E-state index contributed by atoms with van der Waals surface area (Å²) in [5.74, 6) is 0.770. The number of carbonyl (C=O) groups is 1. The minimum atomic E-state index is -0.305. The number of nitrogens with zero attached hydrogens (tertiary/aromatic N) is 1. The van der Waals surface area contributed by atoms with Gasteiger partial charge in [-0.1, -0.05) is 0 Å². The predicted molar refractivity (Wildman–Crippen MR) is 93.6 cm³/mol. The van der Waals surface area contributed by atoms with Crippen LogP contribution in [0.2, 0.25) is 0 Å². The van der Waals surface area contributed by atoms with Crippen molar-refractivity contribution in [2.75, 3.05) is 18.4 Å². The molecule has 1 fully saturated rings. The first-order valence-electron chi connectivity index (χ1n) is 8.34. The second-order valence-electron chi connectivity index (χ2n) is 6.33. The largest absolute Gasteiger partial charge is 0.436 e. The molecule has 1 aliphatic rings. The Morgan fingerprint density at radius 1 is 1.20 bits per heavy atom. The average molecular weight is 339 g/mol. The van der Waals surface area contributed by atoms with Gasteiger partial charge in [0.05, 0.1) is 6.54 Å². The topological polar surface area (TPSA) is 67.2 Å². The molecule has 0 bridgehead atoms. The summed E-state index contributed by atoms with van der Waals surface area (Å²) >= 11 is 0. The Morgan fingerprint density at radius 3 is 2.76 bits per heavy atom. The molecule has 1 saturated carbocycles. The van der Waals surface area contributed by atoms with Crippen LogP contribution in [0.5, 0.6) is 0 Å². The van der Waals surface area contributed by atoms with Crippen molar-refractivity contribution in [1.29, 1.82) is 0 Å². The fourth-order valence-corrected chi connectivity index (χ4v) is 2.64. The molecule has 1 aromatic heterocycles.